The summed E-state index contributed by atoms with van der Waals surface area (Å²) in [5.74, 6) is -0.0521. The van der Waals surface area contributed by atoms with Gasteiger partial charge < -0.3 is 9.80 Å². The first kappa shape index (κ1) is 19.3. The average molecular weight is 416 g/mol. The highest BCUT2D eigenvalue weighted by Gasteiger charge is 2.37. The maximum atomic E-state index is 13.2. The van der Waals surface area contributed by atoms with Gasteiger partial charge in [-0.15, -0.1) is 0 Å². The third-order valence-corrected chi connectivity index (χ3v) is 6.65. The number of anilines is 1. The van der Waals surface area contributed by atoms with Crippen molar-refractivity contribution in [1.29, 1.82) is 0 Å². The van der Waals surface area contributed by atoms with Crippen LogP contribution in [0.15, 0.2) is 18.3 Å². The maximum Gasteiger partial charge on any atom is 0.433 e. The fraction of sp³-hybridized carbons (Fsp3) is 0.500. The highest BCUT2D eigenvalue weighted by atomic mass is 19.4. The molecule has 1 atom stereocenters. The fourth-order valence-corrected chi connectivity index (χ4v) is 5.00. The predicted molar refractivity (Wildman–Crippen MR) is 105 cm³/mol. The van der Waals surface area contributed by atoms with Crippen LogP contribution >= 0.6 is 0 Å². The van der Waals surface area contributed by atoms with Crippen molar-refractivity contribution in [1.82, 2.24) is 14.9 Å². The largest absolute Gasteiger partial charge is 0.433 e. The quantitative estimate of drug-likeness (QED) is 0.750. The first-order chi connectivity index (χ1) is 14.3. The summed E-state index contributed by atoms with van der Waals surface area (Å²) in [6.07, 6.45) is 0.751. The number of halogens is 3. The number of carbonyl (C=O) groups excluding carboxylic acids is 1. The molecule has 2 aromatic rings. The summed E-state index contributed by atoms with van der Waals surface area (Å²) in [5, 5.41) is 0. The monoisotopic (exact) mass is 416 g/mol. The number of rotatable bonds is 2. The summed E-state index contributed by atoms with van der Waals surface area (Å²) in [6.45, 7) is 4.45. The van der Waals surface area contributed by atoms with E-state index in [1.54, 1.807) is 0 Å². The van der Waals surface area contributed by atoms with Crippen LogP contribution in [0.25, 0.3) is 0 Å². The van der Waals surface area contributed by atoms with Gasteiger partial charge in [-0.2, -0.15) is 13.2 Å². The molecule has 5 rings (SSSR count). The smallest absolute Gasteiger partial charge is 0.369 e. The molecule has 1 amide bonds. The lowest BCUT2D eigenvalue weighted by Crippen LogP contribution is -2.34. The van der Waals surface area contributed by atoms with Gasteiger partial charge in [0, 0.05) is 25.3 Å². The molecule has 3 aliphatic rings. The van der Waals surface area contributed by atoms with E-state index in [9.17, 15) is 18.0 Å². The van der Waals surface area contributed by atoms with Crippen LogP contribution in [-0.4, -0.2) is 33.9 Å². The minimum Gasteiger partial charge on any atom is -0.369 e. The molecular formula is C22H23F3N4O. The molecule has 0 bridgehead atoms. The van der Waals surface area contributed by atoms with E-state index in [0.717, 1.165) is 31.0 Å². The van der Waals surface area contributed by atoms with E-state index in [0.29, 0.717) is 38.3 Å². The topological polar surface area (TPSA) is 49.3 Å². The molecule has 5 nitrogen and oxygen atoms in total. The normalized spacial score (nSPS) is 20.6. The van der Waals surface area contributed by atoms with Crippen LogP contribution < -0.4 is 4.90 Å². The van der Waals surface area contributed by atoms with Crippen LogP contribution in [0.2, 0.25) is 0 Å². The van der Waals surface area contributed by atoms with Crippen LogP contribution in [0.5, 0.6) is 0 Å². The van der Waals surface area contributed by atoms with Gasteiger partial charge in [-0.1, -0.05) is 0 Å². The molecule has 0 radical (unpaired) electrons. The van der Waals surface area contributed by atoms with E-state index < -0.39 is 11.9 Å². The molecule has 1 aliphatic carbocycles. The molecular weight excluding hydrogens is 393 g/mol. The van der Waals surface area contributed by atoms with Crippen molar-refractivity contribution in [3.05, 3.63) is 52.1 Å². The molecule has 30 heavy (non-hydrogen) atoms. The zero-order valence-electron chi connectivity index (χ0n) is 16.8. The van der Waals surface area contributed by atoms with Gasteiger partial charge in [0.05, 0.1) is 30.0 Å². The molecule has 2 aliphatic heterocycles. The standard InChI is InChI=1S/C22H23F3N4O/c1-13-16-3-2-4-18(16)27-19-12-29(11-17(13)19)21(30)14-7-8-28(10-14)15-5-6-20(26-9-15)22(23,24)25/h5-6,9,14H,2-4,7-8,10-12H2,1H3/t14-/m1/s1. The third-order valence-electron chi connectivity index (χ3n) is 6.65. The summed E-state index contributed by atoms with van der Waals surface area (Å²) in [5.41, 5.74) is 5.81. The second-order valence-electron chi connectivity index (χ2n) is 8.47. The summed E-state index contributed by atoms with van der Waals surface area (Å²) in [7, 11) is 0. The molecule has 0 spiro atoms. The Morgan fingerprint density at radius 3 is 2.70 bits per heavy atom. The van der Waals surface area contributed by atoms with Crippen molar-refractivity contribution in [2.75, 3.05) is 18.0 Å². The number of aryl methyl sites for hydroxylation is 1. The van der Waals surface area contributed by atoms with Gasteiger partial charge in [-0.25, -0.2) is 4.98 Å². The van der Waals surface area contributed by atoms with Crippen molar-refractivity contribution >= 4 is 11.6 Å². The third kappa shape index (κ3) is 3.22. The first-order valence-corrected chi connectivity index (χ1v) is 10.4. The Kier molecular flexibility index (Phi) is 4.48. The van der Waals surface area contributed by atoms with Crippen LogP contribution in [0, 0.1) is 12.8 Å². The van der Waals surface area contributed by atoms with E-state index in [-0.39, 0.29) is 11.8 Å². The van der Waals surface area contributed by atoms with Gasteiger partial charge in [0.15, 0.2) is 0 Å². The number of fused-ring (bicyclic) bond motifs is 2. The number of hydrogen-bond donors (Lipinski definition) is 0. The van der Waals surface area contributed by atoms with Crippen molar-refractivity contribution in [2.45, 2.75) is 51.9 Å². The number of amides is 1. The molecule has 0 N–H and O–H groups in total. The van der Waals surface area contributed by atoms with E-state index in [4.69, 9.17) is 4.98 Å². The van der Waals surface area contributed by atoms with Gasteiger partial charge in [-0.3, -0.25) is 9.78 Å². The zero-order valence-corrected chi connectivity index (χ0v) is 16.8. The maximum absolute atomic E-state index is 13.2. The Hall–Kier alpha value is -2.64. The van der Waals surface area contributed by atoms with Crippen LogP contribution in [-0.2, 0) is 36.9 Å². The Morgan fingerprint density at radius 1 is 1.13 bits per heavy atom. The first-order valence-electron chi connectivity index (χ1n) is 10.4. The van der Waals surface area contributed by atoms with Gasteiger partial charge in [-0.05, 0) is 61.4 Å². The second-order valence-corrected chi connectivity index (χ2v) is 8.47. The number of alkyl halides is 3. The van der Waals surface area contributed by atoms with Gasteiger partial charge in [0.2, 0.25) is 5.91 Å². The lowest BCUT2D eigenvalue weighted by atomic mass is 10.0. The molecule has 1 saturated heterocycles. The predicted octanol–water partition coefficient (Wildman–Crippen LogP) is 3.66. The summed E-state index contributed by atoms with van der Waals surface area (Å²) in [4.78, 5) is 25.4. The van der Waals surface area contributed by atoms with Crippen LogP contribution in [0.1, 0.15) is 46.6 Å². The summed E-state index contributed by atoms with van der Waals surface area (Å²) in [6, 6.07) is 2.43. The SMILES string of the molecule is Cc1c2c(nc3c1CN(C(=O)[C@@H]1CCN(c4ccc(C(F)(F)F)nc4)C1)C3)CCC2. The molecule has 4 heterocycles. The van der Waals surface area contributed by atoms with Crippen molar-refractivity contribution in [3.63, 3.8) is 0 Å². The molecule has 0 saturated carbocycles. The fourth-order valence-electron chi connectivity index (χ4n) is 5.00. The molecule has 8 heteroatoms. The van der Waals surface area contributed by atoms with Crippen LogP contribution in [0.3, 0.4) is 0 Å². The Labute approximate surface area is 172 Å². The molecule has 158 valence electrons. The lowest BCUT2D eigenvalue weighted by Gasteiger charge is -2.21. The Balaban J connectivity index is 1.26. The molecule has 1 fully saturated rings. The minimum atomic E-state index is -4.45. The second kappa shape index (κ2) is 6.96. The van der Waals surface area contributed by atoms with Crippen molar-refractivity contribution in [3.8, 4) is 0 Å². The van der Waals surface area contributed by atoms with Gasteiger partial charge in [0.1, 0.15) is 5.69 Å². The van der Waals surface area contributed by atoms with Gasteiger partial charge in [0.25, 0.3) is 0 Å². The summed E-state index contributed by atoms with van der Waals surface area (Å²) >= 11 is 0. The van der Waals surface area contributed by atoms with Gasteiger partial charge >= 0.3 is 6.18 Å². The van der Waals surface area contributed by atoms with Crippen molar-refractivity contribution in [2.24, 2.45) is 5.92 Å². The van der Waals surface area contributed by atoms with E-state index in [1.165, 1.54) is 34.6 Å². The minimum absolute atomic E-state index is 0.106. The molecule has 2 aromatic heterocycles. The average Bonchev–Trinajstić information content (AvgIpc) is 3.46. The zero-order chi connectivity index (χ0) is 21.0. The van der Waals surface area contributed by atoms with Crippen molar-refractivity contribution < 1.29 is 18.0 Å². The number of hydrogen-bond acceptors (Lipinski definition) is 4. The summed E-state index contributed by atoms with van der Waals surface area (Å²) < 4.78 is 38.2. The van der Waals surface area contributed by atoms with E-state index >= 15 is 0 Å². The Bertz CT molecular complexity index is 1000. The number of pyridine rings is 2. The van der Waals surface area contributed by atoms with Crippen LogP contribution in [0.4, 0.5) is 18.9 Å². The highest BCUT2D eigenvalue weighted by molar-refractivity contribution is 5.81. The molecule has 0 unspecified atom stereocenters. The highest BCUT2D eigenvalue weighted by Crippen LogP contribution is 2.34. The number of carbonyl (C=O) groups is 1. The van der Waals surface area contributed by atoms with E-state index in [1.807, 2.05) is 9.80 Å². The lowest BCUT2D eigenvalue weighted by molar-refractivity contribution is -0.141. The number of nitrogens with zero attached hydrogens (tertiary/aromatic N) is 4. The molecule has 0 aromatic carbocycles. The Morgan fingerprint density at radius 2 is 1.97 bits per heavy atom. The van der Waals surface area contributed by atoms with E-state index in [2.05, 4.69) is 11.9 Å². The number of aromatic nitrogens is 2.